The molecule has 4 aromatic rings. The molecule has 2 aliphatic rings. The molecule has 6 rings (SSSR count). The highest BCUT2D eigenvalue weighted by atomic mass is 19.1. The minimum absolute atomic E-state index is 0.0401. The number of aromatic hydroxyl groups is 1. The fourth-order valence-electron chi connectivity index (χ4n) is 6.42. The quantitative estimate of drug-likeness (QED) is 0.329. The van der Waals surface area contributed by atoms with Gasteiger partial charge in [0, 0.05) is 37.4 Å². The van der Waals surface area contributed by atoms with Crippen molar-refractivity contribution in [1.82, 2.24) is 19.4 Å². The third-order valence-electron chi connectivity index (χ3n) is 8.32. The molecule has 0 radical (unpaired) electrons. The van der Waals surface area contributed by atoms with Gasteiger partial charge in [-0.15, -0.1) is 0 Å². The summed E-state index contributed by atoms with van der Waals surface area (Å²) in [6.07, 6.45) is 2.87. The number of aryl methyl sites for hydroxylation is 1. The Kier molecular flexibility index (Phi) is 6.90. The molecule has 2 aromatic heterocycles. The van der Waals surface area contributed by atoms with Crippen LogP contribution >= 0.6 is 0 Å². The zero-order valence-electron chi connectivity index (χ0n) is 24.4. The minimum atomic E-state index is -1.01. The summed E-state index contributed by atoms with van der Waals surface area (Å²) in [6, 6.07) is 6.89. The molecule has 9 nitrogen and oxygen atoms in total. The Morgan fingerprint density at radius 1 is 1.19 bits per heavy atom. The van der Waals surface area contributed by atoms with Crippen molar-refractivity contribution in [2.75, 3.05) is 29.9 Å². The van der Waals surface area contributed by atoms with Crippen molar-refractivity contribution in [3.63, 3.8) is 0 Å². The molecule has 1 fully saturated rings. The highest BCUT2D eigenvalue weighted by Crippen LogP contribution is 2.46. The third-order valence-corrected chi connectivity index (χ3v) is 8.32. The Labute approximate surface area is 247 Å². The lowest BCUT2D eigenvalue weighted by Crippen LogP contribution is -2.61. The second kappa shape index (κ2) is 10.5. The van der Waals surface area contributed by atoms with Crippen LogP contribution in [0.1, 0.15) is 37.9 Å². The second-order valence-electron chi connectivity index (χ2n) is 11.4. The van der Waals surface area contributed by atoms with Gasteiger partial charge in [-0.25, -0.2) is 13.6 Å². The van der Waals surface area contributed by atoms with Crippen molar-refractivity contribution < 1.29 is 18.7 Å². The van der Waals surface area contributed by atoms with Crippen LogP contribution in [0, 0.1) is 18.6 Å². The van der Waals surface area contributed by atoms with Crippen molar-refractivity contribution in [3.05, 3.63) is 82.6 Å². The van der Waals surface area contributed by atoms with Gasteiger partial charge < -0.3 is 20.2 Å². The van der Waals surface area contributed by atoms with Crippen LogP contribution in [0.4, 0.5) is 20.3 Å². The number of anilines is 2. The van der Waals surface area contributed by atoms with E-state index in [1.54, 1.807) is 36.2 Å². The maximum atomic E-state index is 17.1. The van der Waals surface area contributed by atoms with Gasteiger partial charge in [0.1, 0.15) is 17.1 Å². The molecule has 2 aliphatic heterocycles. The predicted molar refractivity (Wildman–Crippen MR) is 162 cm³/mol. The van der Waals surface area contributed by atoms with E-state index in [1.165, 1.54) is 22.8 Å². The monoisotopic (exact) mass is 586 g/mol. The number of amides is 1. The molecule has 2 atom stereocenters. The fourth-order valence-corrected chi connectivity index (χ4v) is 6.42. The number of piperazine rings is 1. The number of nitrogens with one attached hydrogen (secondary N) is 1. The van der Waals surface area contributed by atoms with Crippen LogP contribution in [0.2, 0.25) is 0 Å². The van der Waals surface area contributed by atoms with Gasteiger partial charge in [-0.05, 0) is 43.5 Å². The molecule has 222 valence electrons. The van der Waals surface area contributed by atoms with E-state index in [2.05, 4.69) is 21.9 Å². The number of para-hydroxylation sites is 1. The number of benzene rings is 2. The number of hydrogen-bond donors (Lipinski definition) is 2. The average Bonchev–Trinajstić information content (AvgIpc) is 3.13. The topological polar surface area (TPSA) is 104 Å². The zero-order valence-corrected chi connectivity index (χ0v) is 24.4. The number of aromatic nitrogens is 3. The molecule has 0 aliphatic carbocycles. The Hall–Kier alpha value is -4.80. The standard InChI is InChI=1S/C32H32F2N6O3/c1-6-22(42)38-14-18(5)39-19(15-38)13-36-28-24-30(26(34)23(25(28)33)20-9-7-8-10-21(20)41)40(32(43)37-31(24)39)29-17(4)11-12-35-27(29)16(2)3/h6-12,16,18-19,36,41H,1,13-15H2,2-5H3. The van der Waals surface area contributed by atoms with E-state index in [1.807, 2.05) is 25.7 Å². The molecule has 43 heavy (non-hydrogen) atoms. The molecule has 2 N–H and O–H groups in total. The number of carbonyl (C=O) groups excluding carboxylic acids is 1. The van der Waals surface area contributed by atoms with Crippen molar-refractivity contribution >= 4 is 28.3 Å². The van der Waals surface area contributed by atoms with Crippen LogP contribution in [-0.4, -0.2) is 62.2 Å². The lowest BCUT2D eigenvalue weighted by atomic mass is 9.98. The summed E-state index contributed by atoms with van der Waals surface area (Å²) in [5.41, 5.74) is 0.0976. The Morgan fingerprint density at radius 2 is 1.93 bits per heavy atom. The summed E-state index contributed by atoms with van der Waals surface area (Å²) in [5.74, 6) is -2.48. The van der Waals surface area contributed by atoms with E-state index in [0.29, 0.717) is 23.5 Å². The Bertz CT molecular complexity index is 1870. The number of phenols is 1. The van der Waals surface area contributed by atoms with E-state index in [-0.39, 0.29) is 64.7 Å². The predicted octanol–water partition coefficient (Wildman–Crippen LogP) is 4.88. The maximum Gasteiger partial charge on any atom is 0.354 e. The van der Waals surface area contributed by atoms with Crippen LogP contribution in [0.5, 0.6) is 5.75 Å². The summed E-state index contributed by atoms with van der Waals surface area (Å²) in [5, 5.41) is 13.9. The average molecular weight is 587 g/mol. The van der Waals surface area contributed by atoms with Crippen molar-refractivity contribution in [3.8, 4) is 22.6 Å². The number of fused-ring (bicyclic) bond motifs is 2. The van der Waals surface area contributed by atoms with Gasteiger partial charge in [0.15, 0.2) is 11.6 Å². The van der Waals surface area contributed by atoms with Gasteiger partial charge >= 0.3 is 5.69 Å². The van der Waals surface area contributed by atoms with E-state index >= 15 is 8.78 Å². The molecular formula is C32H32F2N6O3. The number of pyridine rings is 1. The smallest absolute Gasteiger partial charge is 0.354 e. The maximum absolute atomic E-state index is 17.1. The fraction of sp³-hybridized carbons (Fsp3) is 0.312. The number of hydrogen-bond acceptors (Lipinski definition) is 7. The lowest BCUT2D eigenvalue weighted by molar-refractivity contribution is -0.127. The molecule has 11 heteroatoms. The number of halogens is 2. The molecule has 1 saturated heterocycles. The minimum Gasteiger partial charge on any atom is -0.507 e. The Balaban J connectivity index is 1.76. The normalized spacial score (nSPS) is 17.9. The molecule has 2 unspecified atom stereocenters. The zero-order chi connectivity index (χ0) is 30.7. The SMILES string of the molecule is C=CC(=O)N1CC(C)N2c3nc(=O)n(-c4c(C)ccnc4C(C)C)c4c(F)c(-c5ccccc5O)c(F)c(c34)NCC2C1. The summed E-state index contributed by atoms with van der Waals surface area (Å²) >= 11 is 0. The number of phenolic OH excluding ortho intramolecular Hbond substituents is 1. The first-order chi connectivity index (χ1) is 20.5. The van der Waals surface area contributed by atoms with E-state index < -0.39 is 28.9 Å². The number of carbonyl (C=O) groups is 1. The molecule has 0 bridgehead atoms. The van der Waals surface area contributed by atoms with E-state index in [0.717, 1.165) is 0 Å². The molecule has 0 spiro atoms. The molecule has 2 aromatic carbocycles. The number of rotatable bonds is 4. The highest BCUT2D eigenvalue weighted by molar-refractivity contribution is 6.05. The summed E-state index contributed by atoms with van der Waals surface area (Å²) < 4.78 is 34.9. The second-order valence-corrected chi connectivity index (χ2v) is 11.4. The van der Waals surface area contributed by atoms with Gasteiger partial charge in [-0.1, -0.05) is 38.6 Å². The molecule has 1 amide bonds. The highest BCUT2D eigenvalue weighted by Gasteiger charge is 2.40. The largest absolute Gasteiger partial charge is 0.507 e. The van der Waals surface area contributed by atoms with Crippen LogP contribution in [0.15, 0.2) is 54.0 Å². The first-order valence-corrected chi connectivity index (χ1v) is 14.2. The first-order valence-electron chi connectivity index (χ1n) is 14.2. The summed E-state index contributed by atoms with van der Waals surface area (Å²) in [7, 11) is 0. The Morgan fingerprint density at radius 3 is 2.63 bits per heavy atom. The van der Waals surface area contributed by atoms with Crippen molar-refractivity contribution in [2.45, 2.75) is 45.7 Å². The van der Waals surface area contributed by atoms with Crippen LogP contribution < -0.4 is 15.9 Å². The number of nitrogens with zero attached hydrogens (tertiary/aromatic N) is 5. The summed E-state index contributed by atoms with van der Waals surface area (Å²) in [4.78, 5) is 39.2. The van der Waals surface area contributed by atoms with Crippen molar-refractivity contribution in [2.24, 2.45) is 0 Å². The van der Waals surface area contributed by atoms with Gasteiger partial charge in [0.05, 0.1) is 34.1 Å². The van der Waals surface area contributed by atoms with Gasteiger partial charge in [-0.2, -0.15) is 4.98 Å². The molecule has 4 heterocycles. The van der Waals surface area contributed by atoms with Gasteiger partial charge in [0.2, 0.25) is 5.91 Å². The van der Waals surface area contributed by atoms with Gasteiger partial charge in [0.25, 0.3) is 0 Å². The first kappa shape index (κ1) is 28.3. The van der Waals surface area contributed by atoms with Crippen molar-refractivity contribution in [1.29, 1.82) is 0 Å². The van der Waals surface area contributed by atoms with E-state index in [9.17, 15) is 14.7 Å². The lowest BCUT2D eigenvalue weighted by Gasteiger charge is -2.45. The van der Waals surface area contributed by atoms with E-state index in [4.69, 9.17) is 0 Å². The third kappa shape index (κ3) is 4.33. The van der Waals surface area contributed by atoms with Crippen LogP contribution in [0.25, 0.3) is 27.7 Å². The summed E-state index contributed by atoms with van der Waals surface area (Å²) in [6.45, 7) is 11.9. The van der Waals surface area contributed by atoms with Crippen LogP contribution in [-0.2, 0) is 4.79 Å². The van der Waals surface area contributed by atoms with Gasteiger partial charge in [-0.3, -0.25) is 14.3 Å². The molecular weight excluding hydrogens is 554 g/mol. The van der Waals surface area contributed by atoms with Crippen LogP contribution in [0.3, 0.4) is 0 Å². The molecule has 0 saturated carbocycles.